The first-order valence-corrected chi connectivity index (χ1v) is 17.9. The van der Waals surface area contributed by atoms with Crippen LogP contribution in [0, 0.1) is 5.92 Å². The molecule has 51 heavy (non-hydrogen) atoms. The Morgan fingerprint density at radius 2 is 1.65 bits per heavy atom. The Hall–Kier alpha value is -4.04. The SMILES string of the molecule is C[C@H]1CCCCO[C@H](CN(C)C(=O)Nc2ccc(C(F)(F)F)cc2)[C@@H](C)CN([C@@H](C)CO)C(=O)c2cc(NC(=O)NC3CCCCC3)ccc2O1. The average Bonchev–Trinajstić information content (AvgIpc) is 3.09. The van der Waals surface area contributed by atoms with Crippen molar-refractivity contribution < 1.29 is 42.1 Å². The predicted octanol–water partition coefficient (Wildman–Crippen LogP) is 7.12. The van der Waals surface area contributed by atoms with Gasteiger partial charge in [-0.05, 0) is 88.4 Å². The average molecular weight is 720 g/mol. The highest BCUT2D eigenvalue weighted by Crippen LogP contribution is 2.31. The number of urea groups is 2. The molecule has 0 aromatic heterocycles. The minimum atomic E-state index is -4.49. The number of aliphatic hydroxyl groups excluding tert-OH is 1. The molecular formula is C37H52F3N5O6. The van der Waals surface area contributed by atoms with E-state index >= 15 is 0 Å². The van der Waals surface area contributed by atoms with Crippen LogP contribution < -0.4 is 20.7 Å². The number of hydrogen-bond acceptors (Lipinski definition) is 6. The largest absolute Gasteiger partial charge is 0.490 e. The van der Waals surface area contributed by atoms with E-state index in [0.29, 0.717) is 24.5 Å². The normalized spacial score (nSPS) is 21.8. The van der Waals surface area contributed by atoms with Crippen LogP contribution in [0.2, 0.25) is 0 Å². The number of aliphatic hydroxyl groups is 1. The molecule has 1 saturated carbocycles. The molecule has 1 fully saturated rings. The summed E-state index contributed by atoms with van der Waals surface area (Å²) < 4.78 is 51.6. The third-order valence-corrected chi connectivity index (χ3v) is 9.51. The lowest BCUT2D eigenvalue weighted by molar-refractivity contribution is -0.137. The summed E-state index contributed by atoms with van der Waals surface area (Å²) in [5.41, 5.74) is 0.0682. The lowest BCUT2D eigenvalue weighted by Crippen LogP contribution is -2.48. The number of ether oxygens (including phenoxy) is 2. The van der Waals surface area contributed by atoms with Crippen molar-refractivity contribution in [3.63, 3.8) is 0 Å². The second kappa shape index (κ2) is 18.5. The highest BCUT2D eigenvalue weighted by Gasteiger charge is 2.32. The molecule has 1 aliphatic heterocycles. The Labute approximate surface area is 298 Å². The quantitative estimate of drug-likeness (QED) is 0.241. The Morgan fingerprint density at radius 3 is 2.31 bits per heavy atom. The molecule has 0 radical (unpaired) electrons. The Balaban J connectivity index is 1.53. The first kappa shape index (κ1) is 39.7. The van der Waals surface area contributed by atoms with Gasteiger partial charge in [0.1, 0.15) is 5.75 Å². The van der Waals surface area contributed by atoms with Crippen molar-refractivity contribution in [1.29, 1.82) is 0 Å². The number of benzene rings is 2. The number of carbonyl (C=O) groups excluding carboxylic acids is 3. The van der Waals surface area contributed by atoms with Gasteiger partial charge in [-0.2, -0.15) is 13.2 Å². The summed E-state index contributed by atoms with van der Waals surface area (Å²) in [6.45, 7) is 5.93. The standard InChI is InChI=1S/C37H52F3N5O6/c1-24-21-45(25(2)23-46)34(47)31-20-30(42-35(48)41-28-11-6-5-7-12-28)17-18-32(31)51-26(3)10-8-9-19-50-33(24)22-44(4)36(49)43-29-15-13-27(14-16-29)37(38,39)40/h13-18,20,24-26,28,33,46H,5-12,19,21-23H2,1-4H3,(H,43,49)(H2,41,42,48)/t24-,25-,26-,33+/m0/s1. The van der Waals surface area contributed by atoms with Gasteiger partial charge in [-0.3, -0.25) is 4.79 Å². The number of likely N-dealkylation sites (N-methyl/N-ethyl adjacent to an activating group) is 1. The molecule has 0 bridgehead atoms. The van der Waals surface area contributed by atoms with E-state index in [-0.39, 0.29) is 55.0 Å². The summed E-state index contributed by atoms with van der Waals surface area (Å²) in [6.07, 6.45) is 2.12. The monoisotopic (exact) mass is 719 g/mol. The van der Waals surface area contributed by atoms with E-state index < -0.39 is 35.8 Å². The molecule has 1 heterocycles. The van der Waals surface area contributed by atoms with Gasteiger partial charge in [-0.25, -0.2) is 9.59 Å². The van der Waals surface area contributed by atoms with E-state index in [0.717, 1.165) is 57.1 Å². The van der Waals surface area contributed by atoms with Crippen molar-refractivity contribution in [3.8, 4) is 5.75 Å². The van der Waals surface area contributed by atoms with E-state index in [2.05, 4.69) is 16.0 Å². The third-order valence-electron chi connectivity index (χ3n) is 9.51. The minimum absolute atomic E-state index is 0.106. The number of hydrogen-bond donors (Lipinski definition) is 4. The molecule has 4 rings (SSSR count). The van der Waals surface area contributed by atoms with E-state index in [1.54, 1.807) is 37.1 Å². The van der Waals surface area contributed by atoms with E-state index in [1.165, 1.54) is 17.0 Å². The third kappa shape index (κ3) is 11.7. The molecule has 0 unspecified atom stereocenters. The van der Waals surface area contributed by atoms with E-state index in [4.69, 9.17) is 9.47 Å². The van der Waals surface area contributed by atoms with Crippen molar-refractivity contribution in [2.75, 3.05) is 44.0 Å². The van der Waals surface area contributed by atoms with Gasteiger partial charge < -0.3 is 40.3 Å². The highest BCUT2D eigenvalue weighted by molar-refractivity contribution is 5.99. The van der Waals surface area contributed by atoms with Crippen molar-refractivity contribution in [2.24, 2.45) is 5.92 Å². The topological polar surface area (TPSA) is 132 Å². The van der Waals surface area contributed by atoms with Crippen LogP contribution in [0.4, 0.5) is 34.1 Å². The fraction of sp³-hybridized carbons (Fsp3) is 0.595. The van der Waals surface area contributed by atoms with Crippen LogP contribution in [-0.2, 0) is 10.9 Å². The zero-order chi connectivity index (χ0) is 37.1. The second-order valence-electron chi connectivity index (χ2n) is 13.8. The smallest absolute Gasteiger partial charge is 0.416 e. The van der Waals surface area contributed by atoms with Crippen LogP contribution in [0.5, 0.6) is 5.75 Å². The van der Waals surface area contributed by atoms with Crippen LogP contribution in [-0.4, -0.2) is 90.5 Å². The first-order valence-electron chi connectivity index (χ1n) is 17.9. The molecule has 4 N–H and O–H groups in total. The maximum Gasteiger partial charge on any atom is 0.416 e. The number of nitrogens with zero attached hydrogens (tertiary/aromatic N) is 2. The van der Waals surface area contributed by atoms with E-state index in [1.807, 2.05) is 13.8 Å². The molecule has 2 aromatic carbocycles. The lowest BCUT2D eigenvalue weighted by Gasteiger charge is -2.35. The summed E-state index contributed by atoms with van der Waals surface area (Å²) in [7, 11) is 1.56. The Kier molecular flexibility index (Phi) is 14.4. The zero-order valence-corrected chi connectivity index (χ0v) is 29.9. The summed E-state index contributed by atoms with van der Waals surface area (Å²) in [4.78, 5) is 43.3. The van der Waals surface area contributed by atoms with Crippen molar-refractivity contribution in [1.82, 2.24) is 15.1 Å². The minimum Gasteiger partial charge on any atom is -0.490 e. The number of fused-ring (bicyclic) bond motifs is 1. The van der Waals surface area contributed by atoms with Crippen LogP contribution in [0.3, 0.4) is 0 Å². The number of amides is 5. The zero-order valence-electron chi connectivity index (χ0n) is 29.9. The molecule has 282 valence electrons. The number of alkyl halides is 3. The number of carbonyl (C=O) groups is 3. The lowest BCUT2D eigenvalue weighted by atomic mass is 9.96. The summed E-state index contributed by atoms with van der Waals surface area (Å²) in [6, 6.07) is 7.84. The van der Waals surface area contributed by atoms with Crippen molar-refractivity contribution in [3.05, 3.63) is 53.6 Å². The van der Waals surface area contributed by atoms with Crippen LogP contribution in [0.25, 0.3) is 0 Å². The molecule has 0 spiro atoms. The van der Waals surface area contributed by atoms with Crippen LogP contribution in [0.15, 0.2) is 42.5 Å². The molecule has 4 atom stereocenters. The predicted molar refractivity (Wildman–Crippen MR) is 189 cm³/mol. The molecule has 2 aromatic rings. The van der Waals surface area contributed by atoms with Crippen LogP contribution in [0.1, 0.15) is 88.1 Å². The molecule has 11 nitrogen and oxygen atoms in total. The number of rotatable bonds is 7. The van der Waals surface area contributed by atoms with Gasteiger partial charge in [-0.15, -0.1) is 0 Å². The summed E-state index contributed by atoms with van der Waals surface area (Å²) >= 11 is 0. The van der Waals surface area contributed by atoms with Gasteiger partial charge in [0.05, 0.1) is 36.0 Å². The molecule has 14 heteroatoms. The molecular weight excluding hydrogens is 667 g/mol. The fourth-order valence-corrected chi connectivity index (χ4v) is 6.38. The maximum absolute atomic E-state index is 14.4. The fourth-order valence-electron chi connectivity index (χ4n) is 6.38. The molecule has 2 aliphatic rings. The van der Waals surface area contributed by atoms with Crippen LogP contribution >= 0.6 is 0 Å². The Bertz CT molecular complexity index is 1450. The number of nitrogens with one attached hydrogen (secondary N) is 3. The van der Waals surface area contributed by atoms with Gasteiger partial charge in [-0.1, -0.05) is 26.2 Å². The number of halogens is 3. The Morgan fingerprint density at radius 1 is 0.980 bits per heavy atom. The molecule has 0 saturated heterocycles. The highest BCUT2D eigenvalue weighted by atomic mass is 19.4. The van der Waals surface area contributed by atoms with Gasteiger partial charge in [0.25, 0.3) is 5.91 Å². The van der Waals surface area contributed by atoms with E-state index in [9.17, 15) is 32.7 Å². The van der Waals surface area contributed by atoms with Gasteiger partial charge in [0.2, 0.25) is 0 Å². The van der Waals surface area contributed by atoms with Gasteiger partial charge >= 0.3 is 18.2 Å². The second-order valence-corrected chi connectivity index (χ2v) is 13.8. The molecule has 1 aliphatic carbocycles. The van der Waals surface area contributed by atoms with Crippen molar-refractivity contribution in [2.45, 2.75) is 103 Å². The summed E-state index contributed by atoms with van der Waals surface area (Å²) in [5.74, 6) is -0.345. The first-order chi connectivity index (χ1) is 24.2. The van der Waals surface area contributed by atoms with Gasteiger partial charge in [0.15, 0.2) is 0 Å². The van der Waals surface area contributed by atoms with Gasteiger partial charge in [0, 0.05) is 50.1 Å². The maximum atomic E-state index is 14.4. The summed E-state index contributed by atoms with van der Waals surface area (Å²) in [5, 5.41) is 18.7. The van der Waals surface area contributed by atoms with Crippen molar-refractivity contribution >= 4 is 29.3 Å². The number of anilines is 2. The molecule has 5 amide bonds.